The predicted molar refractivity (Wildman–Crippen MR) is 81.9 cm³/mol. The van der Waals surface area contributed by atoms with Crippen LogP contribution in [0.15, 0.2) is 4.52 Å². The fraction of sp³-hybridized carbons (Fsp3) is 0.875. The van der Waals surface area contributed by atoms with Gasteiger partial charge < -0.3 is 9.84 Å². The van der Waals surface area contributed by atoms with Gasteiger partial charge in [-0.1, -0.05) is 18.5 Å². The molecule has 3 rings (SSSR count). The number of aromatic nitrogens is 2. The van der Waals surface area contributed by atoms with E-state index in [9.17, 15) is 0 Å². The topological polar surface area (TPSA) is 54.2 Å². The Morgan fingerprint density at radius 3 is 2.86 bits per heavy atom. The Bertz CT molecular complexity index is 420. The molecule has 5 nitrogen and oxygen atoms in total. The predicted octanol–water partition coefficient (Wildman–Crippen LogP) is 2.38. The highest BCUT2D eigenvalue weighted by atomic mass is 16.5. The van der Waals surface area contributed by atoms with Crippen LogP contribution in [0.5, 0.6) is 0 Å². The molecular weight excluding hydrogens is 264 g/mol. The van der Waals surface area contributed by atoms with E-state index in [0.29, 0.717) is 0 Å². The van der Waals surface area contributed by atoms with E-state index < -0.39 is 0 Å². The van der Waals surface area contributed by atoms with Crippen molar-refractivity contribution in [1.82, 2.24) is 20.4 Å². The first-order valence-electron chi connectivity index (χ1n) is 8.62. The van der Waals surface area contributed by atoms with Gasteiger partial charge in [0.05, 0.1) is 6.54 Å². The zero-order chi connectivity index (χ0) is 14.5. The summed E-state index contributed by atoms with van der Waals surface area (Å²) >= 11 is 0. The highest BCUT2D eigenvalue weighted by Gasteiger charge is 2.28. The normalized spacial score (nSPS) is 24.7. The molecule has 1 aromatic heterocycles. The SMILES string of the molecule is CCCCc1noc(CN2CCC(C3CCCN3)CC2)n1. The monoisotopic (exact) mass is 292 g/mol. The summed E-state index contributed by atoms with van der Waals surface area (Å²) in [5, 5.41) is 7.73. The lowest BCUT2D eigenvalue weighted by Gasteiger charge is -2.34. The third kappa shape index (κ3) is 4.04. The van der Waals surface area contributed by atoms with Crippen molar-refractivity contribution in [1.29, 1.82) is 0 Å². The van der Waals surface area contributed by atoms with E-state index >= 15 is 0 Å². The van der Waals surface area contributed by atoms with Gasteiger partial charge in [0, 0.05) is 12.5 Å². The van der Waals surface area contributed by atoms with Gasteiger partial charge in [-0.2, -0.15) is 4.98 Å². The lowest BCUT2D eigenvalue weighted by atomic mass is 9.88. The summed E-state index contributed by atoms with van der Waals surface area (Å²) in [6, 6.07) is 0.774. The van der Waals surface area contributed by atoms with Gasteiger partial charge in [0.1, 0.15) is 0 Å². The largest absolute Gasteiger partial charge is 0.338 e. The van der Waals surface area contributed by atoms with E-state index in [1.807, 2.05) is 0 Å². The number of nitrogens with zero attached hydrogens (tertiary/aromatic N) is 3. The van der Waals surface area contributed by atoms with Crippen LogP contribution in [-0.4, -0.2) is 40.7 Å². The van der Waals surface area contributed by atoms with Crippen molar-refractivity contribution in [3.05, 3.63) is 11.7 Å². The van der Waals surface area contributed by atoms with Crippen LogP contribution in [0, 0.1) is 5.92 Å². The summed E-state index contributed by atoms with van der Waals surface area (Å²) < 4.78 is 5.38. The Labute approximate surface area is 127 Å². The fourth-order valence-corrected chi connectivity index (χ4v) is 3.61. The summed E-state index contributed by atoms with van der Waals surface area (Å²) in [6.07, 6.45) is 8.58. The second-order valence-electron chi connectivity index (χ2n) is 6.52. The Balaban J connectivity index is 1.43. The highest BCUT2D eigenvalue weighted by Crippen LogP contribution is 2.26. The summed E-state index contributed by atoms with van der Waals surface area (Å²) in [5.41, 5.74) is 0. The van der Waals surface area contributed by atoms with Crippen LogP contribution in [0.25, 0.3) is 0 Å². The molecule has 0 aliphatic carbocycles. The van der Waals surface area contributed by atoms with Gasteiger partial charge in [0.25, 0.3) is 0 Å². The van der Waals surface area contributed by atoms with Crippen molar-refractivity contribution in [3.8, 4) is 0 Å². The molecule has 0 spiro atoms. The molecule has 0 saturated carbocycles. The second-order valence-corrected chi connectivity index (χ2v) is 6.52. The molecule has 3 heterocycles. The first-order valence-corrected chi connectivity index (χ1v) is 8.62. The zero-order valence-corrected chi connectivity index (χ0v) is 13.2. The van der Waals surface area contributed by atoms with Crippen LogP contribution in [0.2, 0.25) is 0 Å². The number of piperidine rings is 1. The van der Waals surface area contributed by atoms with E-state index in [1.54, 1.807) is 0 Å². The minimum absolute atomic E-state index is 0.774. The Morgan fingerprint density at radius 2 is 2.14 bits per heavy atom. The molecule has 2 aliphatic heterocycles. The van der Waals surface area contributed by atoms with Gasteiger partial charge in [0.15, 0.2) is 5.82 Å². The maximum absolute atomic E-state index is 5.38. The van der Waals surface area contributed by atoms with Crippen LogP contribution < -0.4 is 5.32 Å². The zero-order valence-electron chi connectivity index (χ0n) is 13.2. The number of rotatable bonds is 6. The smallest absolute Gasteiger partial charge is 0.240 e. The van der Waals surface area contributed by atoms with Crippen molar-refractivity contribution >= 4 is 0 Å². The summed E-state index contributed by atoms with van der Waals surface area (Å²) in [4.78, 5) is 6.97. The van der Waals surface area contributed by atoms with E-state index in [4.69, 9.17) is 4.52 Å². The number of unbranched alkanes of at least 4 members (excludes halogenated alkanes) is 1. The Morgan fingerprint density at radius 1 is 1.29 bits per heavy atom. The molecule has 21 heavy (non-hydrogen) atoms. The minimum Gasteiger partial charge on any atom is -0.338 e. The van der Waals surface area contributed by atoms with Crippen LogP contribution in [0.3, 0.4) is 0 Å². The van der Waals surface area contributed by atoms with Crippen molar-refractivity contribution < 1.29 is 4.52 Å². The molecule has 0 aromatic carbocycles. The number of hydrogen-bond acceptors (Lipinski definition) is 5. The maximum Gasteiger partial charge on any atom is 0.240 e. The molecule has 5 heteroatoms. The van der Waals surface area contributed by atoms with E-state index in [1.165, 1.54) is 38.6 Å². The molecule has 2 fully saturated rings. The molecule has 0 radical (unpaired) electrons. The molecule has 0 amide bonds. The van der Waals surface area contributed by atoms with Crippen LogP contribution >= 0.6 is 0 Å². The number of likely N-dealkylation sites (tertiary alicyclic amines) is 1. The van der Waals surface area contributed by atoms with Crippen LogP contribution in [0.4, 0.5) is 0 Å². The Kier molecular flexibility index (Phi) is 5.25. The van der Waals surface area contributed by atoms with Gasteiger partial charge in [0.2, 0.25) is 5.89 Å². The van der Waals surface area contributed by atoms with E-state index in [-0.39, 0.29) is 0 Å². The van der Waals surface area contributed by atoms with Crippen molar-refractivity contribution in [2.24, 2.45) is 5.92 Å². The fourth-order valence-electron chi connectivity index (χ4n) is 3.61. The summed E-state index contributed by atoms with van der Waals surface area (Å²) in [5.74, 6) is 2.53. The first kappa shape index (κ1) is 15.0. The Hall–Kier alpha value is -0.940. The third-order valence-electron chi connectivity index (χ3n) is 4.92. The molecule has 1 aromatic rings. The van der Waals surface area contributed by atoms with Gasteiger partial charge in [-0.25, -0.2) is 0 Å². The lowest BCUT2D eigenvalue weighted by molar-refractivity contribution is 0.143. The quantitative estimate of drug-likeness (QED) is 0.872. The van der Waals surface area contributed by atoms with E-state index in [0.717, 1.165) is 56.2 Å². The first-order chi connectivity index (χ1) is 10.3. The summed E-state index contributed by atoms with van der Waals surface area (Å²) in [6.45, 7) is 6.55. The standard InChI is InChI=1S/C16H28N4O/c1-2-3-6-15-18-16(21-19-15)12-20-10-7-13(8-11-20)14-5-4-9-17-14/h13-14,17H,2-12H2,1H3. The molecule has 1 N–H and O–H groups in total. The van der Waals surface area contributed by atoms with Crippen molar-refractivity contribution in [3.63, 3.8) is 0 Å². The highest BCUT2D eigenvalue weighted by molar-refractivity contribution is 4.89. The average molecular weight is 292 g/mol. The van der Waals surface area contributed by atoms with Gasteiger partial charge >= 0.3 is 0 Å². The molecule has 118 valence electrons. The summed E-state index contributed by atoms with van der Waals surface area (Å²) in [7, 11) is 0. The third-order valence-corrected chi connectivity index (χ3v) is 4.92. The van der Waals surface area contributed by atoms with Gasteiger partial charge in [-0.05, 0) is 57.7 Å². The molecule has 1 atom stereocenters. The number of aryl methyl sites for hydroxylation is 1. The minimum atomic E-state index is 0.774. The van der Waals surface area contributed by atoms with Crippen molar-refractivity contribution in [2.45, 2.75) is 64.5 Å². The average Bonchev–Trinajstić information content (AvgIpc) is 3.17. The molecule has 2 aliphatic rings. The van der Waals surface area contributed by atoms with Gasteiger partial charge in [-0.3, -0.25) is 4.90 Å². The van der Waals surface area contributed by atoms with Gasteiger partial charge in [-0.15, -0.1) is 0 Å². The second kappa shape index (κ2) is 7.36. The number of hydrogen-bond donors (Lipinski definition) is 1. The molecule has 0 bridgehead atoms. The lowest BCUT2D eigenvalue weighted by Crippen LogP contribution is -2.40. The van der Waals surface area contributed by atoms with Crippen LogP contribution in [-0.2, 0) is 13.0 Å². The number of nitrogens with one attached hydrogen (secondary N) is 1. The van der Waals surface area contributed by atoms with E-state index in [2.05, 4.69) is 27.3 Å². The molecule has 2 saturated heterocycles. The maximum atomic E-state index is 5.38. The van der Waals surface area contributed by atoms with Crippen molar-refractivity contribution in [2.75, 3.05) is 19.6 Å². The molecular formula is C16H28N4O. The molecule has 1 unspecified atom stereocenters. The van der Waals surface area contributed by atoms with Crippen LogP contribution in [0.1, 0.15) is 57.2 Å².